The van der Waals surface area contributed by atoms with Crippen molar-refractivity contribution in [1.82, 2.24) is 15.2 Å². The molecule has 1 fully saturated rings. The first-order valence-corrected chi connectivity index (χ1v) is 12.4. The van der Waals surface area contributed by atoms with Gasteiger partial charge in [-0.3, -0.25) is 4.79 Å². The number of nitrogens with one attached hydrogen (secondary N) is 3. The van der Waals surface area contributed by atoms with Crippen molar-refractivity contribution >= 4 is 29.0 Å². The SMILES string of the molecule is O=C1Nc2ccccc2C(c2ccccc2)=N[C@@H]1Nc1nnc(-c2ncc(C(F)(F)F)cc2N[C@H]2CC[C@H]2O)o1. The molecule has 0 spiro atoms. The molecule has 3 heterocycles. The lowest BCUT2D eigenvalue weighted by atomic mass is 9.89. The van der Waals surface area contributed by atoms with E-state index in [1.807, 2.05) is 42.5 Å². The number of nitrogens with zero attached hydrogens (tertiary/aromatic N) is 4. The quantitative estimate of drug-likeness (QED) is 0.279. The summed E-state index contributed by atoms with van der Waals surface area (Å²) in [5.74, 6) is -0.663. The molecule has 2 aliphatic rings. The van der Waals surface area contributed by atoms with Crippen LogP contribution >= 0.6 is 0 Å². The van der Waals surface area contributed by atoms with Crippen molar-refractivity contribution in [3.05, 3.63) is 83.6 Å². The lowest BCUT2D eigenvalue weighted by Crippen LogP contribution is -2.42. The number of fused-ring (bicyclic) bond motifs is 1. The predicted octanol–water partition coefficient (Wildman–Crippen LogP) is 4.31. The van der Waals surface area contributed by atoms with Gasteiger partial charge >= 0.3 is 12.2 Å². The Balaban J connectivity index is 1.32. The van der Waals surface area contributed by atoms with Crippen LogP contribution in [-0.4, -0.2) is 50.2 Å². The number of pyridine rings is 1. The number of aromatic nitrogens is 3. The molecule has 1 amide bonds. The monoisotopic (exact) mass is 549 g/mol. The molecule has 13 heteroatoms. The van der Waals surface area contributed by atoms with Crippen molar-refractivity contribution in [2.75, 3.05) is 16.0 Å². The number of benzene rings is 2. The number of halogens is 3. The summed E-state index contributed by atoms with van der Waals surface area (Å²) in [7, 11) is 0. The van der Waals surface area contributed by atoms with E-state index in [2.05, 4.69) is 36.1 Å². The molecular formula is C27H22F3N7O3. The maximum Gasteiger partial charge on any atom is 0.417 e. The fraction of sp³-hybridized carbons (Fsp3) is 0.222. The van der Waals surface area contributed by atoms with Gasteiger partial charge in [-0.15, -0.1) is 5.10 Å². The maximum absolute atomic E-state index is 13.4. The van der Waals surface area contributed by atoms with Gasteiger partial charge in [-0.25, -0.2) is 9.98 Å². The molecule has 0 saturated heterocycles. The largest absolute Gasteiger partial charge is 0.417 e. The fourth-order valence-electron chi connectivity index (χ4n) is 4.43. The summed E-state index contributed by atoms with van der Waals surface area (Å²) in [6, 6.07) is 16.8. The minimum atomic E-state index is -4.62. The Bertz CT molecular complexity index is 1590. The van der Waals surface area contributed by atoms with Gasteiger partial charge in [-0.2, -0.15) is 13.2 Å². The first kappa shape index (κ1) is 25.5. The molecule has 0 bridgehead atoms. The summed E-state index contributed by atoms with van der Waals surface area (Å²) in [4.78, 5) is 21.7. The van der Waals surface area contributed by atoms with E-state index < -0.39 is 36.0 Å². The van der Waals surface area contributed by atoms with Gasteiger partial charge in [-0.05, 0) is 25.0 Å². The van der Waals surface area contributed by atoms with Gasteiger partial charge in [0.2, 0.25) is 6.17 Å². The number of aliphatic hydroxyl groups excluding tert-OH is 1. The van der Waals surface area contributed by atoms with E-state index in [1.54, 1.807) is 12.1 Å². The summed E-state index contributed by atoms with van der Waals surface area (Å²) < 4.78 is 45.8. The van der Waals surface area contributed by atoms with E-state index in [9.17, 15) is 23.1 Å². The molecule has 6 rings (SSSR count). The zero-order valence-electron chi connectivity index (χ0n) is 20.7. The van der Waals surface area contributed by atoms with E-state index >= 15 is 0 Å². The van der Waals surface area contributed by atoms with Crippen molar-refractivity contribution in [3.63, 3.8) is 0 Å². The van der Waals surface area contributed by atoms with Gasteiger partial charge < -0.3 is 25.5 Å². The number of para-hydroxylation sites is 1. The molecule has 0 radical (unpaired) electrons. The minimum Gasteiger partial charge on any atom is -0.402 e. The molecule has 204 valence electrons. The number of carbonyl (C=O) groups is 1. The number of aliphatic hydroxyl groups is 1. The first-order valence-electron chi connectivity index (χ1n) is 12.4. The third-order valence-corrected chi connectivity index (χ3v) is 6.68. The Morgan fingerprint density at radius 3 is 2.50 bits per heavy atom. The average Bonchev–Trinajstić information content (AvgIpc) is 3.36. The van der Waals surface area contributed by atoms with Gasteiger partial charge in [0.15, 0.2) is 5.69 Å². The van der Waals surface area contributed by atoms with E-state index in [4.69, 9.17) is 4.42 Å². The molecule has 1 saturated carbocycles. The second-order valence-electron chi connectivity index (χ2n) is 9.35. The molecule has 1 aliphatic carbocycles. The predicted molar refractivity (Wildman–Crippen MR) is 140 cm³/mol. The van der Waals surface area contributed by atoms with E-state index in [1.165, 1.54) is 0 Å². The summed E-state index contributed by atoms with van der Waals surface area (Å²) in [6.07, 6.45) is -4.71. The van der Waals surface area contributed by atoms with Crippen LogP contribution in [0.15, 0.2) is 76.3 Å². The maximum atomic E-state index is 13.4. The molecular weight excluding hydrogens is 527 g/mol. The third-order valence-electron chi connectivity index (χ3n) is 6.68. The standard InChI is InChI=1S/C27H22F3N7O3/c28-27(29,30)15-12-19(32-18-10-11-20(18)38)22(31-13-15)25-36-37-26(40-25)35-23-24(39)33-17-9-5-4-8-16(17)21(34-23)14-6-2-1-3-7-14/h1-9,12-13,18,20,23,32,38H,10-11H2,(H,33,39)(H,35,37)/t18-,20+,23+/m0/s1. The van der Waals surface area contributed by atoms with Gasteiger partial charge in [0.25, 0.3) is 11.8 Å². The molecule has 10 nitrogen and oxygen atoms in total. The van der Waals surface area contributed by atoms with Crippen molar-refractivity contribution in [2.24, 2.45) is 4.99 Å². The van der Waals surface area contributed by atoms with Gasteiger partial charge in [-0.1, -0.05) is 53.6 Å². The van der Waals surface area contributed by atoms with Crippen molar-refractivity contribution in [2.45, 2.75) is 37.3 Å². The van der Waals surface area contributed by atoms with Crippen LogP contribution in [0.25, 0.3) is 11.6 Å². The van der Waals surface area contributed by atoms with Crippen LogP contribution in [0, 0.1) is 0 Å². The van der Waals surface area contributed by atoms with E-state index in [-0.39, 0.29) is 23.3 Å². The third kappa shape index (κ3) is 4.98. The highest BCUT2D eigenvalue weighted by Gasteiger charge is 2.35. The second kappa shape index (κ2) is 10.1. The van der Waals surface area contributed by atoms with Crippen LogP contribution in [0.2, 0.25) is 0 Å². The molecule has 2 aromatic heterocycles. The van der Waals surface area contributed by atoms with Crippen molar-refractivity contribution in [1.29, 1.82) is 0 Å². The number of amides is 1. The fourth-order valence-corrected chi connectivity index (χ4v) is 4.43. The highest BCUT2D eigenvalue weighted by Crippen LogP contribution is 2.36. The normalized spacial score (nSPS) is 20.4. The molecule has 40 heavy (non-hydrogen) atoms. The number of rotatable bonds is 6. The van der Waals surface area contributed by atoms with Crippen LogP contribution in [0.5, 0.6) is 0 Å². The zero-order chi connectivity index (χ0) is 27.9. The summed E-state index contributed by atoms with van der Waals surface area (Å²) in [6.45, 7) is 0. The Morgan fingerprint density at radius 1 is 1.00 bits per heavy atom. The van der Waals surface area contributed by atoms with Crippen LogP contribution in [0.4, 0.5) is 30.6 Å². The molecule has 2 aromatic carbocycles. The molecule has 0 unspecified atom stereocenters. The first-order chi connectivity index (χ1) is 19.3. The van der Waals surface area contributed by atoms with Gasteiger partial charge in [0, 0.05) is 17.3 Å². The van der Waals surface area contributed by atoms with Crippen LogP contribution in [0.3, 0.4) is 0 Å². The van der Waals surface area contributed by atoms with Crippen molar-refractivity contribution < 1.29 is 27.5 Å². The highest BCUT2D eigenvalue weighted by molar-refractivity contribution is 6.19. The zero-order valence-corrected chi connectivity index (χ0v) is 20.7. The van der Waals surface area contributed by atoms with Gasteiger partial charge in [0.05, 0.1) is 34.8 Å². The minimum absolute atomic E-state index is 0.0131. The second-order valence-corrected chi connectivity index (χ2v) is 9.35. The smallest absolute Gasteiger partial charge is 0.402 e. The number of aliphatic imine (C=N–C) groups is 1. The Kier molecular flexibility index (Phi) is 6.42. The number of hydrogen-bond acceptors (Lipinski definition) is 9. The Hall–Kier alpha value is -4.78. The summed E-state index contributed by atoms with van der Waals surface area (Å²) in [5, 5.41) is 26.4. The van der Waals surface area contributed by atoms with Crippen LogP contribution < -0.4 is 16.0 Å². The lowest BCUT2D eigenvalue weighted by molar-refractivity contribution is -0.137. The topological polar surface area (TPSA) is 138 Å². The molecule has 1 aliphatic heterocycles. The Morgan fingerprint density at radius 2 is 1.77 bits per heavy atom. The highest BCUT2D eigenvalue weighted by atomic mass is 19.4. The summed E-state index contributed by atoms with van der Waals surface area (Å²) >= 11 is 0. The number of hydrogen-bond donors (Lipinski definition) is 4. The number of alkyl halides is 3. The van der Waals surface area contributed by atoms with Gasteiger partial charge in [0.1, 0.15) is 0 Å². The van der Waals surface area contributed by atoms with Crippen LogP contribution in [-0.2, 0) is 11.0 Å². The molecule has 4 aromatic rings. The summed E-state index contributed by atoms with van der Waals surface area (Å²) in [5.41, 5.74) is 1.63. The lowest BCUT2D eigenvalue weighted by Gasteiger charge is -2.34. The Labute approximate surface area is 225 Å². The van der Waals surface area contributed by atoms with Crippen LogP contribution in [0.1, 0.15) is 29.5 Å². The average molecular weight is 550 g/mol. The number of carbonyl (C=O) groups excluding carboxylic acids is 1. The number of benzodiazepines with no additional fused rings is 1. The molecule has 3 atom stereocenters. The number of anilines is 3. The van der Waals surface area contributed by atoms with E-state index in [0.717, 1.165) is 17.2 Å². The van der Waals surface area contributed by atoms with E-state index in [0.29, 0.717) is 30.4 Å². The molecule has 4 N–H and O–H groups in total. The van der Waals surface area contributed by atoms with Crippen molar-refractivity contribution in [3.8, 4) is 11.6 Å².